The predicted octanol–water partition coefficient (Wildman–Crippen LogP) is 1.72. The zero-order valence-corrected chi connectivity index (χ0v) is 10.9. The van der Waals surface area contributed by atoms with Crippen LogP contribution < -0.4 is 10.6 Å². The molecule has 0 aliphatic heterocycles. The summed E-state index contributed by atoms with van der Waals surface area (Å²) >= 11 is 0. The standard InChI is InChI=1S/C12H17N3O4/c1-8-4-5-10(15(18)19)9(2)11(8)14-12(17)13-6-3-7-16/h4-5,16H,3,6-7H2,1-2H3,(H2,13,14,17). The summed E-state index contributed by atoms with van der Waals surface area (Å²) < 4.78 is 0. The number of benzene rings is 1. The second kappa shape index (κ2) is 6.69. The number of nitrogens with zero attached hydrogens (tertiary/aromatic N) is 1. The largest absolute Gasteiger partial charge is 0.396 e. The summed E-state index contributed by atoms with van der Waals surface area (Å²) in [4.78, 5) is 21.9. The highest BCUT2D eigenvalue weighted by molar-refractivity contribution is 5.91. The van der Waals surface area contributed by atoms with Crippen molar-refractivity contribution in [3.05, 3.63) is 33.4 Å². The van der Waals surface area contributed by atoms with E-state index in [2.05, 4.69) is 10.6 Å². The Kier molecular flexibility index (Phi) is 5.25. The molecule has 0 saturated heterocycles. The Hall–Kier alpha value is -2.15. The lowest BCUT2D eigenvalue weighted by Crippen LogP contribution is -2.30. The molecule has 0 atom stereocenters. The fraction of sp³-hybridized carbons (Fsp3) is 0.417. The van der Waals surface area contributed by atoms with E-state index in [-0.39, 0.29) is 12.3 Å². The zero-order chi connectivity index (χ0) is 14.4. The third-order valence-electron chi connectivity index (χ3n) is 2.70. The molecule has 2 amide bonds. The van der Waals surface area contributed by atoms with Gasteiger partial charge in [-0.25, -0.2) is 4.79 Å². The van der Waals surface area contributed by atoms with Crippen molar-refractivity contribution in [1.82, 2.24) is 5.32 Å². The number of carbonyl (C=O) groups is 1. The lowest BCUT2D eigenvalue weighted by atomic mass is 10.1. The van der Waals surface area contributed by atoms with Crippen LogP contribution in [-0.4, -0.2) is 29.2 Å². The number of amides is 2. The van der Waals surface area contributed by atoms with Crippen molar-refractivity contribution in [2.24, 2.45) is 0 Å². The average Bonchev–Trinajstić information content (AvgIpc) is 2.34. The highest BCUT2D eigenvalue weighted by Gasteiger charge is 2.16. The molecule has 0 aliphatic carbocycles. The van der Waals surface area contributed by atoms with E-state index < -0.39 is 11.0 Å². The Bertz CT molecular complexity index is 488. The number of aliphatic hydroxyl groups excluding tert-OH is 1. The van der Waals surface area contributed by atoms with Crippen molar-refractivity contribution in [1.29, 1.82) is 0 Å². The number of nitrogens with one attached hydrogen (secondary N) is 2. The molecule has 0 aromatic heterocycles. The van der Waals surface area contributed by atoms with Crippen LogP contribution in [0, 0.1) is 24.0 Å². The molecular formula is C12H17N3O4. The third kappa shape index (κ3) is 3.92. The molecule has 0 heterocycles. The fourth-order valence-electron chi connectivity index (χ4n) is 1.66. The van der Waals surface area contributed by atoms with E-state index in [1.807, 2.05) is 0 Å². The van der Waals surface area contributed by atoms with Crippen molar-refractivity contribution in [2.75, 3.05) is 18.5 Å². The Morgan fingerprint density at radius 2 is 2.11 bits per heavy atom. The number of urea groups is 1. The molecule has 0 radical (unpaired) electrons. The number of rotatable bonds is 5. The molecule has 0 bridgehead atoms. The van der Waals surface area contributed by atoms with Gasteiger partial charge in [0, 0.05) is 19.2 Å². The Morgan fingerprint density at radius 3 is 2.68 bits per heavy atom. The van der Waals surface area contributed by atoms with Crippen LogP contribution in [0.5, 0.6) is 0 Å². The second-order valence-electron chi connectivity index (χ2n) is 4.12. The van der Waals surface area contributed by atoms with Gasteiger partial charge in [0.15, 0.2) is 0 Å². The molecular weight excluding hydrogens is 250 g/mol. The van der Waals surface area contributed by atoms with Gasteiger partial charge in [-0.1, -0.05) is 6.07 Å². The summed E-state index contributed by atoms with van der Waals surface area (Å²) in [6.45, 7) is 3.69. The van der Waals surface area contributed by atoms with Crippen LogP contribution in [0.3, 0.4) is 0 Å². The molecule has 1 aromatic carbocycles. The molecule has 0 saturated carbocycles. The van der Waals surface area contributed by atoms with E-state index in [0.29, 0.717) is 24.2 Å². The minimum absolute atomic E-state index is 0.00482. The zero-order valence-electron chi connectivity index (χ0n) is 10.9. The van der Waals surface area contributed by atoms with Gasteiger partial charge in [-0.05, 0) is 25.8 Å². The van der Waals surface area contributed by atoms with Gasteiger partial charge in [-0.3, -0.25) is 10.1 Å². The minimum Gasteiger partial charge on any atom is -0.396 e. The maximum atomic E-state index is 11.6. The van der Waals surface area contributed by atoms with E-state index in [1.54, 1.807) is 19.9 Å². The number of anilines is 1. The molecule has 19 heavy (non-hydrogen) atoms. The first-order valence-electron chi connectivity index (χ1n) is 5.87. The average molecular weight is 267 g/mol. The van der Waals surface area contributed by atoms with Gasteiger partial charge in [0.2, 0.25) is 0 Å². The number of nitro groups is 1. The van der Waals surface area contributed by atoms with Crippen LogP contribution in [0.15, 0.2) is 12.1 Å². The topological polar surface area (TPSA) is 105 Å². The molecule has 7 nitrogen and oxygen atoms in total. The number of carbonyl (C=O) groups excluding carboxylic acids is 1. The summed E-state index contributed by atoms with van der Waals surface area (Å²) in [6.07, 6.45) is 0.459. The molecule has 0 fully saturated rings. The maximum absolute atomic E-state index is 11.6. The predicted molar refractivity (Wildman–Crippen MR) is 71.3 cm³/mol. The Morgan fingerprint density at radius 1 is 1.42 bits per heavy atom. The molecule has 0 unspecified atom stereocenters. The first-order valence-corrected chi connectivity index (χ1v) is 5.87. The van der Waals surface area contributed by atoms with Crippen LogP contribution in [0.4, 0.5) is 16.2 Å². The van der Waals surface area contributed by atoms with Crippen molar-refractivity contribution in [3.63, 3.8) is 0 Å². The van der Waals surface area contributed by atoms with E-state index in [0.717, 1.165) is 5.56 Å². The number of hydrogen-bond acceptors (Lipinski definition) is 4. The summed E-state index contributed by atoms with van der Waals surface area (Å²) in [5.41, 5.74) is 1.58. The van der Waals surface area contributed by atoms with Gasteiger partial charge in [0.05, 0.1) is 16.2 Å². The van der Waals surface area contributed by atoms with Gasteiger partial charge in [-0.2, -0.15) is 0 Å². The van der Waals surface area contributed by atoms with Gasteiger partial charge in [0.25, 0.3) is 5.69 Å². The fourth-order valence-corrected chi connectivity index (χ4v) is 1.66. The molecule has 1 rings (SSSR count). The van der Waals surface area contributed by atoms with Crippen molar-refractivity contribution in [3.8, 4) is 0 Å². The lowest BCUT2D eigenvalue weighted by molar-refractivity contribution is -0.385. The highest BCUT2D eigenvalue weighted by Crippen LogP contribution is 2.28. The van der Waals surface area contributed by atoms with Gasteiger partial charge < -0.3 is 15.7 Å². The van der Waals surface area contributed by atoms with E-state index in [1.165, 1.54) is 6.07 Å². The van der Waals surface area contributed by atoms with Crippen LogP contribution in [0.2, 0.25) is 0 Å². The summed E-state index contributed by atoms with van der Waals surface area (Å²) in [6, 6.07) is 2.56. The van der Waals surface area contributed by atoms with Crippen LogP contribution in [-0.2, 0) is 0 Å². The van der Waals surface area contributed by atoms with Gasteiger partial charge in [0.1, 0.15) is 0 Å². The van der Waals surface area contributed by atoms with Gasteiger partial charge in [-0.15, -0.1) is 0 Å². The number of hydrogen-bond donors (Lipinski definition) is 3. The molecule has 1 aromatic rings. The van der Waals surface area contributed by atoms with Crippen molar-refractivity contribution in [2.45, 2.75) is 20.3 Å². The normalized spacial score (nSPS) is 10.1. The SMILES string of the molecule is Cc1ccc([N+](=O)[O-])c(C)c1NC(=O)NCCCO. The van der Waals surface area contributed by atoms with Crippen molar-refractivity contribution >= 4 is 17.4 Å². The maximum Gasteiger partial charge on any atom is 0.319 e. The first kappa shape index (κ1) is 14.9. The second-order valence-corrected chi connectivity index (χ2v) is 4.12. The quantitative estimate of drug-likeness (QED) is 0.429. The minimum atomic E-state index is -0.483. The van der Waals surface area contributed by atoms with Crippen LogP contribution >= 0.6 is 0 Å². The van der Waals surface area contributed by atoms with E-state index >= 15 is 0 Å². The molecule has 0 spiro atoms. The smallest absolute Gasteiger partial charge is 0.319 e. The summed E-state index contributed by atoms with van der Waals surface area (Å²) in [7, 11) is 0. The Labute approximate surface area is 110 Å². The number of nitro benzene ring substituents is 1. The van der Waals surface area contributed by atoms with E-state index in [4.69, 9.17) is 5.11 Å². The molecule has 3 N–H and O–H groups in total. The van der Waals surface area contributed by atoms with Crippen LogP contribution in [0.1, 0.15) is 17.5 Å². The van der Waals surface area contributed by atoms with Gasteiger partial charge >= 0.3 is 6.03 Å². The highest BCUT2D eigenvalue weighted by atomic mass is 16.6. The molecule has 104 valence electrons. The number of aliphatic hydroxyl groups is 1. The summed E-state index contributed by atoms with van der Waals surface area (Å²) in [5.74, 6) is 0. The van der Waals surface area contributed by atoms with Crippen molar-refractivity contribution < 1.29 is 14.8 Å². The number of aryl methyl sites for hydroxylation is 1. The third-order valence-corrected chi connectivity index (χ3v) is 2.70. The molecule has 0 aliphatic rings. The molecule has 7 heteroatoms. The first-order chi connectivity index (χ1) is 8.97. The Balaban J connectivity index is 2.85. The summed E-state index contributed by atoms with van der Waals surface area (Å²) in [5, 5.41) is 24.6. The van der Waals surface area contributed by atoms with E-state index in [9.17, 15) is 14.9 Å². The lowest BCUT2D eigenvalue weighted by Gasteiger charge is -2.12. The monoisotopic (exact) mass is 267 g/mol. The van der Waals surface area contributed by atoms with Crippen LogP contribution in [0.25, 0.3) is 0 Å².